The molecule has 1 saturated heterocycles. The van der Waals surface area contributed by atoms with Crippen LogP contribution in [0, 0.1) is 0 Å². The van der Waals surface area contributed by atoms with Crippen LogP contribution in [-0.2, 0) is 4.79 Å². The molecule has 7 nitrogen and oxygen atoms in total. The third-order valence-corrected chi connectivity index (χ3v) is 5.02. The van der Waals surface area contributed by atoms with Gasteiger partial charge in [-0.2, -0.15) is 13.2 Å². The Morgan fingerprint density at radius 2 is 2.16 bits per heavy atom. The van der Waals surface area contributed by atoms with E-state index in [9.17, 15) is 23.1 Å². The van der Waals surface area contributed by atoms with Gasteiger partial charge in [-0.25, -0.2) is 4.98 Å². The predicted octanol–water partition coefficient (Wildman–Crippen LogP) is 2.35. The minimum Gasteiger partial charge on any atom is -0.368 e. The molecule has 10 heteroatoms. The molecule has 3 heterocycles. The summed E-state index contributed by atoms with van der Waals surface area (Å²) in [5.41, 5.74) is 1.21. The monoisotopic (exact) mass is 435 g/mol. The Hall–Kier alpha value is -3.27. The summed E-state index contributed by atoms with van der Waals surface area (Å²) >= 11 is 0. The van der Waals surface area contributed by atoms with E-state index in [0.717, 1.165) is 13.0 Å². The molecule has 2 bridgehead atoms. The molecular weight excluding hydrogens is 411 g/mol. The second kappa shape index (κ2) is 9.25. The highest BCUT2D eigenvalue weighted by Crippen LogP contribution is 2.34. The average Bonchev–Trinajstić information content (AvgIpc) is 3.15. The van der Waals surface area contributed by atoms with Gasteiger partial charge in [-0.05, 0) is 36.8 Å². The van der Waals surface area contributed by atoms with E-state index in [4.69, 9.17) is 0 Å². The van der Waals surface area contributed by atoms with Gasteiger partial charge in [0.25, 0.3) is 5.91 Å². The number of anilines is 1. The zero-order chi connectivity index (χ0) is 22.6. The summed E-state index contributed by atoms with van der Waals surface area (Å²) in [5, 5.41) is 15.6. The SMILES string of the molecule is C=CC1=C(/C=C\C(=C)C(=O)NCC(F)(F)F)N2CC[C@@H](C2)N1C(O)Nc1ccccn1. The molecule has 1 fully saturated rings. The summed E-state index contributed by atoms with van der Waals surface area (Å²) in [4.78, 5) is 19.9. The number of nitrogens with zero attached hydrogens (tertiary/aromatic N) is 3. The van der Waals surface area contributed by atoms with Gasteiger partial charge in [-0.15, -0.1) is 0 Å². The molecule has 3 rings (SSSR count). The molecule has 1 aromatic rings. The van der Waals surface area contributed by atoms with Gasteiger partial charge in [0.15, 0.2) is 0 Å². The summed E-state index contributed by atoms with van der Waals surface area (Å²) in [6.07, 6.45) is 1.39. The number of hydrogen-bond acceptors (Lipinski definition) is 6. The van der Waals surface area contributed by atoms with Crippen molar-refractivity contribution in [3.05, 3.63) is 72.7 Å². The number of nitrogens with one attached hydrogen (secondary N) is 2. The molecule has 2 aliphatic rings. The zero-order valence-corrected chi connectivity index (χ0v) is 16.8. The van der Waals surface area contributed by atoms with E-state index in [1.165, 1.54) is 6.08 Å². The first-order valence-electron chi connectivity index (χ1n) is 9.67. The number of carbonyl (C=O) groups excluding carboxylic acids is 1. The van der Waals surface area contributed by atoms with E-state index in [1.54, 1.807) is 46.8 Å². The van der Waals surface area contributed by atoms with E-state index < -0.39 is 25.0 Å². The van der Waals surface area contributed by atoms with E-state index in [2.05, 4.69) is 28.4 Å². The number of carbonyl (C=O) groups is 1. The summed E-state index contributed by atoms with van der Waals surface area (Å²) in [5.74, 6) is -0.399. The second-order valence-corrected chi connectivity index (χ2v) is 7.16. The minimum atomic E-state index is -4.50. The second-order valence-electron chi connectivity index (χ2n) is 7.16. The van der Waals surface area contributed by atoms with Crippen molar-refractivity contribution in [2.45, 2.75) is 25.0 Å². The van der Waals surface area contributed by atoms with Crippen LogP contribution in [0.1, 0.15) is 6.42 Å². The van der Waals surface area contributed by atoms with E-state index in [0.29, 0.717) is 23.8 Å². The number of allylic oxidation sites excluding steroid dienone is 2. The molecule has 31 heavy (non-hydrogen) atoms. The Morgan fingerprint density at radius 1 is 1.39 bits per heavy atom. The Balaban J connectivity index is 1.78. The lowest BCUT2D eigenvalue weighted by Gasteiger charge is -2.41. The van der Waals surface area contributed by atoms with Crippen molar-refractivity contribution in [1.82, 2.24) is 20.1 Å². The number of aliphatic hydroxyl groups excluding tert-OH is 1. The third-order valence-electron chi connectivity index (χ3n) is 5.02. The highest BCUT2D eigenvalue weighted by atomic mass is 19.4. The van der Waals surface area contributed by atoms with Crippen LogP contribution in [0.2, 0.25) is 0 Å². The Kier molecular flexibility index (Phi) is 6.69. The highest BCUT2D eigenvalue weighted by molar-refractivity contribution is 5.95. The molecule has 1 amide bonds. The number of pyridine rings is 1. The lowest BCUT2D eigenvalue weighted by molar-refractivity contribution is -0.136. The van der Waals surface area contributed by atoms with Crippen molar-refractivity contribution in [2.24, 2.45) is 0 Å². The standard InChI is InChI=1S/C21H24F3N5O2/c1-3-16-17(8-7-14(2)19(30)26-13-21(22,23)24)28-11-9-15(12-28)29(16)20(31)27-18-6-4-5-10-25-18/h3-8,10,15,20,31H,1-2,9,11-13H2,(H,25,27)(H,26,30)/b8-7-/t15-,20?/m0/s1. The fraction of sp³-hybridized carbons (Fsp3) is 0.333. The van der Waals surface area contributed by atoms with Crippen molar-refractivity contribution < 1.29 is 23.1 Å². The van der Waals surface area contributed by atoms with Gasteiger partial charge in [0.1, 0.15) is 12.4 Å². The number of hydrogen-bond donors (Lipinski definition) is 3. The maximum absolute atomic E-state index is 12.3. The summed E-state index contributed by atoms with van der Waals surface area (Å²) in [6.45, 7) is 7.34. The van der Waals surface area contributed by atoms with Crippen LogP contribution < -0.4 is 10.6 Å². The molecule has 0 aromatic carbocycles. The molecule has 2 atom stereocenters. The van der Waals surface area contributed by atoms with Crippen molar-refractivity contribution in [2.75, 3.05) is 25.0 Å². The van der Waals surface area contributed by atoms with E-state index in [1.807, 2.05) is 0 Å². The van der Waals surface area contributed by atoms with Gasteiger partial charge in [-0.1, -0.05) is 19.2 Å². The first kappa shape index (κ1) is 22.4. The fourth-order valence-electron chi connectivity index (χ4n) is 3.61. The quantitative estimate of drug-likeness (QED) is 0.331. The number of aliphatic hydroxyl groups is 1. The highest BCUT2D eigenvalue weighted by Gasteiger charge is 2.39. The molecule has 0 saturated carbocycles. The first-order valence-corrected chi connectivity index (χ1v) is 9.67. The Morgan fingerprint density at radius 3 is 2.81 bits per heavy atom. The van der Waals surface area contributed by atoms with Crippen LogP contribution in [0.3, 0.4) is 0 Å². The maximum atomic E-state index is 12.3. The number of fused-ring (bicyclic) bond motifs is 2. The van der Waals surface area contributed by atoms with Crippen molar-refractivity contribution in [3.8, 4) is 0 Å². The van der Waals surface area contributed by atoms with Gasteiger partial charge in [0.2, 0.25) is 6.35 Å². The van der Waals surface area contributed by atoms with Gasteiger partial charge in [0, 0.05) is 24.9 Å². The number of halogens is 3. The lowest BCUT2D eigenvalue weighted by atomic mass is 10.1. The molecular formula is C21H24F3N5O2. The summed E-state index contributed by atoms with van der Waals surface area (Å²) < 4.78 is 36.9. The molecule has 3 N–H and O–H groups in total. The number of aromatic nitrogens is 1. The van der Waals surface area contributed by atoms with E-state index in [-0.39, 0.29) is 11.6 Å². The minimum absolute atomic E-state index is 0.0367. The third kappa shape index (κ3) is 5.46. The molecule has 2 aliphatic heterocycles. The number of alkyl halides is 3. The van der Waals surface area contributed by atoms with Crippen LogP contribution in [0.25, 0.3) is 0 Å². The van der Waals surface area contributed by atoms with Gasteiger partial charge < -0.3 is 25.5 Å². The smallest absolute Gasteiger partial charge is 0.368 e. The fourth-order valence-corrected chi connectivity index (χ4v) is 3.61. The Bertz CT molecular complexity index is 898. The average molecular weight is 435 g/mol. The molecule has 1 aromatic heterocycles. The van der Waals surface area contributed by atoms with Crippen LogP contribution in [0.5, 0.6) is 0 Å². The van der Waals surface area contributed by atoms with Gasteiger partial charge >= 0.3 is 6.18 Å². The van der Waals surface area contributed by atoms with Crippen molar-refractivity contribution in [3.63, 3.8) is 0 Å². The molecule has 0 aliphatic carbocycles. The molecule has 166 valence electrons. The van der Waals surface area contributed by atoms with E-state index >= 15 is 0 Å². The molecule has 1 unspecified atom stereocenters. The number of amides is 1. The van der Waals surface area contributed by atoms with Crippen LogP contribution in [0.15, 0.2) is 72.7 Å². The van der Waals surface area contributed by atoms with Crippen LogP contribution in [0.4, 0.5) is 19.0 Å². The first-order chi connectivity index (χ1) is 14.7. The zero-order valence-electron chi connectivity index (χ0n) is 16.8. The number of rotatable bonds is 8. The summed E-state index contributed by atoms with van der Waals surface area (Å²) in [6, 6.07) is 5.33. The Labute approximate surface area is 178 Å². The maximum Gasteiger partial charge on any atom is 0.405 e. The van der Waals surface area contributed by atoms with Crippen LogP contribution in [-0.4, -0.2) is 64.0 Å². The molecule has 0 spiro atoms. The molecule has 0 radical (unpaired) electrons. The summed E-state index contributed by atoms with van der Waals surface area (Å²) in [7, 11) is 0. The largest absolute Gasteiger partial charge is 0.405 e. The lowest BCUT2D eigenvalue weighted by Crippen LogP contribution is -2.50. The van der Waals surface area contributed by atoms with Crippen molar-refractivity contribution >= 4 is 11.7 Å². The van der Waals surface area contributed by atoms with Crippen LogP contribution >= 0.6 is 0 Å². The predicted molar refractivity (Wildman–Crippen MR) is 110 cm³/mol. The van der Waals surface area contributed by atoms with Gasteiger partial charge in [-0.3, -0.25) is 4.79 Å². The normalized spacial score (nSPS) is 19.5. The van der Waals surface area contributed by atoms with Crippen molar-refractivity contribution in [1.29, 1.82) is 0 Å². The van der Waals surface area contributed by atoms with Gasteiger partial charge in [0.05, 0.1) is 17.4 Å². The topological polar surface area (TPSA) is 80.7 Å².